The summed E-state index contributed by atoms with van der Waals surface area (Å²) in [5.41, 5.74) is 2.46. The molecule has 0 spiro atoms. The number of non-ortho nitro benzene ring substituents is 1. The molecular formula is C39H30ClFN4O8. The van der Waals surface area contributed by atoms with Gasteiger partial charge in [-0.2, -0.15) is 5.01 Å². The first-order chi connectivity index (χ1) is 25.4. The number of anilines is 2. The van der Waals surface area contributed by atoms with Gasteiger partial charge in [-0.15, -0.1) is 0 Å². The fourth-order valence-electron chi connectivity index (χ4n) is 8.89. The summed E-state index contributed by atoms with van der Waals surface area (Å²) in [6.07, 6.45) is 1.87. The second kappa shape index (κ2) is 12.6. The van der Waals surface area contributed by atoms with Crippen molar-refractivity contribution in [2.24, 2.45) is 23.7 Å². The zero-order chi connectivity index (χ0) is 37.3. The largest absolute Gasteiger partial charge is 0.508 e. The number of nitro groups is 1. The van der Waals surface area contributed by atoms with Crippen LogP contribution < -0.4 is 15.1 Å². The summed E-state index contributed by atoms with van der Waals surface area (Å²) >= 11 is 6.33. The molecule has 0 bridgehead atoms. The molecule has 4 amide bonds. The van der Waals surface area contributed by atoms with Crippen LogP contribution >= 0.6 is 11.6 Å². The molecule has 1 saturated carbocycles. The lowest BCUT2D eigenvalue weighted by molar-refractivity contribution is -0.384. The number of benzene rings is 4. The van der Waals surface area contributed by atoms with Crippen molar-refractivity contribution in [3.05, 3.63) is 135 Å². The Morgan fingerprint density at radius 3 is 2.38 bits per heavy atom. The van der Waals surface area contributed by atoms with Gasteiger partial charge in [0, 0.05) is 28.6 Å². The topological polar surface area (TPSA) is 159 Å². The number of hydrogen-bond donors (Lipinski definition) is 2. The first-order valence-electron chi connectivity index (χ1n) is 16.8. The summed E-state index contributed by atoms with van der Waals surface area (Å²) in [5, 5.41) is 24.4. The molecule has 0 radical (unpaired) electrons. The van der Waals surface area contributed by atoms with Crippen LogP contribution in [0.5, 0.6) is 11.5 Å². The summed E-state index contributed by atoms with van der Waals surface area (Å²) in [6, 6.07) is 21.5. The molecule has 2 N–H and O–H groups in total. The van der Waals surface area contributed by atoms with Crippen molar-refractivity contribution < 1.29 is 38.3 Å². The van der Waals surface area contributed by atoms with E-state index in [1.54, 1.807) is 36.4 Å². The minimum absolute atomic E-state index is 0.0369. The lowest BCUT2D eigenvalue weighted by Gasteiger charge is -2.50. The van der Waals surface area contributed by atoms with E-state index in [4.69, 9.17) is 16.3 Å². The van der Waals surface area contributed by atoms with Crippen molar-refractivity contribution >= 4 is 52.3 Å². The number of ether oxygens (including phenoxy) is 1. The molecular weight excluding hydrogens is 707 g/mol. The molecule has 2 heterocycles. The zero-order valence-corrected chi connectivity index (χ0v) is 28.7. The first kappa shape index (κ1) is 34.0. The minimum Gasteiger partial charge on any atom is -0.508 e. The van der Waals surface area contributed by atoms with Crippen molar-refractivity contribution in [1.82, 2.24) is 5.01 Å². The minimum atomic E-state index is -1.71. The van der Waals surface area contributed by atoms with E-state index in [-0.39, 0.29) is 41.2 Å². The number of phenols is 1. The van der Waals surface area contributed by atoms with Gasteiger partial charge in [-0.25, -0.2) is 9.29 Å². The third kappa shape index (κ3) is 5.09. The fourth-order valence-corrected chi connectivity index (χ4v) is 9.02. The number of aromatic hydroxyl groups is 1. The highest BCUT2D eigenvalue weighted by atomic mass is 35.5. The Labute approximate surface area is 306 Å². The molecule has 2 aliphatic carbocycles. The molecule has 0 unspecified atom stereocenters. The van der Waals surface area contributed by atoms with Gasteiger partial charge in [0.2, 0.25) is 11.8 Å². The maximum atomic E-state index is 15.2. The number of fused-ring (bicyclic) bond motifs is 4. The van der Waals surface area contributed by atoms with Crippen LogP contribution in [0.1, 0.15) is 29.9 Å². The predicted octanol–water partition coefficient (Wildman–Crippen LogP) is 6.29. The molecule has 2 aliphatic heterocycles. The van der Waals surface area contributed by atoms with E-state index in [9.17, 15) is 34.0 Å². The molecule has 268 valence electrons. The molecule has 6 atom stereocenters. The van der Waals surface area contributed by atoms with Crippen molar-refractivity contribution in [2.75, 3.05) is 17.4 Å². The maximum Gasteiger partial charge on any atom is 0.271 e. The summed E-state index contributed by atoms with van der Waals surface area (Å²) < 4.78 is 19.4. The summed E-state index contributed by atoms with van der Waals surface area (Å²) in [6.45, 7) is 0. The number of nitrogens with zero attached hydrogens (tertiary/aromatic N) is 3. The van der Waals surface area contributed by atoms with Gasteiger partial charge in [0.15, 0.2) is 0 Å². The Hall–Kier alpha value is -6.08. The van der Waals surface area contributed by atoms with E-state index in [2.05, 4.69) is 5.43 Å². The van der Waals surface area contributed by atoms with Gasteiger partial charge in [-0.05, 0) is 85.0 Å². The molecule has 4 aromatic rings. The van der Waals surface area contributed by atoms with Crippen LogP contribution in [0.3, 0.4) is 0 Å². The number of allylic oxidation sites excluding steroid dienone is 2. The molecule has 14 heteroatoms. The van der Waals surface area contributed by atoms with Crippen LogP contribution in [0.15, 0.2) is 103 Å². The number of amides is 4. The zero-order valence-electron chi connectivity index (χ0n) is 27.9. The third-order valence-corrected chi connectivity index (χ3v) is 11.4. The van der Waals surface area contributed by atoms with E-state index in [1.807, 2.05) is 6.08 Å². The molecule has 53 heavy (non-hydrogen) atoms. The number of methoxy groups -OCH3 is 1. The van der Waals surface area contributed by atoms with Crippen LogP contribution in [0.4, 0.5) is 21.5 Å². The predicted molar refractivity (Wildman–Crippen MR) is 189 cm³/mol. The van der Waals surface area contributed by atoms with E-state index >= 15 is 4.79 Å². The Morgan fingerprint density at radius 2 is 1.68 bits per heavy atom. The Morgan fingerprint density at radius 1 is 0.943 bits per heavy atom. The van der Waals surface area contributed by atoms with Crippen LogP contribution in [0.25, 0.3) is 0 Å². The van der Waals surface area contributed by atoms with Gasteiger partial charge in [0.25, 0.3) is 17.5 Å². The molecule has 0 aromatic heterocycles. The summed E-state index contributed by atoms with van der Waals surface area (Å²) in [7, 11) is 1.45. The van der Waals surface area contributed by atoms with Crippen molar-refractivity contribution in [1.29, 1.82) is 0 Å². The number of nitrogens with one attached hydrogen (secondary N) is 1. The Bertz CT molecular complexity index is 2260. The second-order valence-electron chi connectivity index (χ2n) is 13.6. The molecule has 2 saturated heterocycles. The Balaban J connectivity index is 1.33. The van der Waals surface area contributed by atoms with Crippen LogP contribution in [-0.2, 0) is 24.6 Å². The quantitative estimate of drug-likeness (QED) is 0.0962. The highest BCUT2D eigenvalue weighted by molar-refractivity contribution is 6.30. The molecule has 3 fully saturated rings. The van der Waals surface area contributed by atoms with Crippen LogP contribution in [-0.4, -0.2) is 45.8 Å². The van der Waals surface area contributed by atoms with Gasteiger partial charge in [0.1, 0.15) is 17.3 Å². The highest BCUT2D eigenvalue weighted by Gasteiger charge is 2.70. The average molecular weight is 737 g/mol. The summed E-state index contributed by atoms with van der Waals surface area (Å²) in [4.78, 5) is 70.4. The fraction of sp³-hybridized carbons (Fsp3) is 0.231. The van der Waals surface area contributed by atoms with Crippen LogP contribution in [0, 0.1) is 39.6 Å². The van der Waals surface area contributed by atoms with Gasteiger partial charge in [-0.3, -0.25) is 34.7 Å². The number of halogens is 2. The maximum absolute atomic E-state index is 15.2. The number of phenolic OH excluding ortho intramolecular Hbond substituents is 1. The van der Waals surface area contributed by atoms with Gasteiger partial charge in [0.05, 0.1) is 46.6 Å². The Kier molecular flexibility index (Phi) is 8.06. The van der Waals surface area contributed by atoms with Crippen molar-refractivity contribution in [3.8, 4) is 11.5 Å². The summed E-state index contributed by atoms with van der Waals surface area (Å²) in [5.74, 6) is -7.54. The normalized spacial score (nSPS) is 26.2. The number of carbonyl (C=O) groups is 4. The number of hydrogen-bond acceptors (Lipinski definition) is 9. The molecule has 4 aromatic carbocycles. The average Bonchev–Trinajstić information content (AvgIpc) is 3.53. The highest BCUT2D eigenvalue weighted by Crippen LogP contribution is 2.65. The van der Waals surface area contributed by atoms with Crippen LogP contribution in [0.2, 0.25) is 5.02 Å². The third-order valence-electron chi connectivity index (χ3n) is 11.1. The number of imide groups is 2. The lowest BCUT2D eigenvalue weighted by Crippen LogP contribution is -2.53. The van der Waals surface area contributed by atoms with Gasteiger partial charge in [-0.1, -0.05) is 41.4 Å². The van der Waals surface area contributed by atoms with Gasteiger partial charge < -0.3 is 9.84 Å². The van der Waals surface area contributed by atoms with Crippen molar-refractivity contribution in [2.45, 2.75) is 24.2 Å². The number of rotatable bonds is 7. The number of nitro benzene ring substituents is 1. The smallest absolute Gasteiger partial charge is 0.271 e. The van der Waals surface area contributed by atoms with E-state index in [0.29, 0.717) is 21.9 Å². The molecule has 12 nitrogen and oxygen atoms in total. The van der Waals surface area contributed by atoms with E-state index in [0.717, 1.165) is 9.91 Å². The number of carbonyl (C=O) groups excluding carboxylic acids is 4. The molecule has 4 aliphatic rings. The monoisotopic (exact) mass is 736 g/mol. The standard InChI is InChI=1S/C39H30ClFN4O8/c1-53-26-13-16-32(46)30(18-26)34-27-14-15-28-33(37(49)43(35(28)47)24-3-2-4-25(17-24)45(51)52)29(27)19-31-36(48)44(42-23-11-9-22(41)10-12-23)38(50)39(31,34)20-5-7-21(40)8-6-20/h2-14,16-18,28-29,31,33-34,42,46H,15,19H2,1H3/t28-,29+,31-,33-,34+,39+/m0/s1. The van der Waals surface area contributed by atoms with E-state index in [1.165, 1.54) is 61.7 Å². The lowest BCUT2D eigenvalue weighted by atomic mass is 9.49. The number of hydrazine groups is 1. The first-order valence-corrected chi connectivity index (χ1v) is 17.2. The van der Waals surface area contributed by atoms with Crippen molar-refractivity contribution in [3.63, 3.8) is 0 Å². The van der Waals surface area contributed by atoms with Gasteiger partial charge >= 0.3 is 0 Å². The van der Waals surface area contributed by atoms with E-state index < -0.39 is 69.4 Å². The SMILES string of the molecule is COc1ccc(O)c([C@H]2C3=CC[C@@H]4C(=O)N(c5cccc([N+](=O)[O-])c5)C(=O)[C@@H]4[C@@H]3C[C@H]3C(=O)N(Nc4ccc(F)cc4)C(=O)[C@@]23c2ccc(Cl)cc2)c1. The second-order valence-corrected chi connectivity index (χ2v) is 14.0. The molecule has 8 rings (SSSR count).